The highest BCUT2D eigenvalue weighted by Gasteiger charge is 2.28. The van der Waals surface area contributed by atoms with Crippen molar-refractivity contribution in [1.82, 2.24) is 0 Å². The van der Waals surface area contributed by atoms with Crippen molar-refractivity contribution in [2.24, 2.45) is 5.73 Å². The number of hydrogen-bond donors (Lipinski definition) is 2. The molecule has 94 valence electrons. The van der Waals surface area contributed by atoms with Gasteiger partial charge in [-0.05, 0) is 15.9 Å². The number of hydrogen-bond acceptors (Lipinski definition) is 2. The maximum Gasteiger partial charge on any atom is 0.305 e. The fourth-order valence-corrected chi connectivity index (χ4v) is 1.59. The van der Waals surface area contributed by atoms with Crippen LogP contribution in [0.5, 0.6) is 0 Å². The Morgan fingerprint density at radius 3 is 1.94 bits per heavy atom. The second kappa shape index (κ2) is 5.01. The fraction of sp³-hybridized carbons (Fsp3) is 0.222. The highest BCUT2D eigenvalue weighted by molar-refractivity contribution is 9.10. The Kier molecular flexibility index (Phi) is 4.10. The normalized spacial score (nSPS) is 12.6. The van der Waals surface area contributed by atoms with E-state index < -0.39 is 51.7 Å². The molecule has 1 rings (SSSR count). The van der Waals surface area contributed by atoms with Crippen LogP contribution in [0.4, 0.5) is 17.6 Å². The number of nitrogens with two attached hydrogens (primary N) is 1. The molecule has 1 aromatic carbocycles. The zero-order valence-corrected chi connectivity index (χ0v) is 9.69. The molecular weight excluding hydrogens is 310 g/mol. The maximum absolute atomic E-state index is 13.3. The smallest absolute Gasteiger partial charge is 0.305 e. The minimum absolute atomic E-state index is 0.853. The minimum Gasteiger partial charge on any atom is -0.481 e. The van der Waals surface area contributed by atoms with Crippen molar-refractivity contribution < 1.29 is 27.5 Å². The van der Waals surface area contributed by atoms with Crippen LogP contribution in [0.3, 0.4) is 0 Å². The maximum atomic E-state index is 13.3. The van der Waals surface area contributed by atoms with E-state index in [2.05, 4.69) is 15.9 Å². The summed E-state index contributed by atoms with van der Waals surface area (Å²) in [5.74, 6) is -8.16. The van der Waals surface area contributed by atoms with Crippen LogP contribution < -0.4 is 5.73 Å². The zero-order chi connectivity index (χ0) is 13.3. The summed E-state index contributed by atoms with van der Waals surface area (Å²) in [6.07, 6.45) is -0.853. The van der Waals surface area contributed by atoms with E-state index >= 15 is 0 Å². The summed E-state index contributed by atoms with van der Waals surface area (Å²) >= 11 is 2.33. The third-order valence-electron chi connectivity index (χ3n) is 2.01. The Morgan fingerprint density at radius 1 is 1.18 bits per heavy atom. The molecule has 0 aliphatic heterocycles. The van der Waals surface area contributed by atoms with Crippen molar-refractivity contribution in [1.29, 1.82) is 0 Å². The van der Waals surface area contributed by atoms with E-state index in [1.54, 1.807) is 0 Å². The van der Waals surface area contributed by atoms with Gasteiger partial charge in [0.25, 0.3) is 0 Å². The van der Waals surface area contributed by atoms with Crippen molar-refractivity contribution in [2.75, 3.05) is 0 Å². The molecule has 17 heavy (non-hydrogen) atoms. The lowest BCUT2D eigenvalue weighted by Crippen LogP contribution is -2.20. The Balaban J connectivity index is 3.38. The molecule has 0 radical (unpaired) electrons. The number of halogens is 5. The summed E-state index contributed by atoms with van der Waals surface area (Å²) in [4.78, 5) is 10.3. The van der Waals surface area contributed by atoms with Crippen molar-refractivity contribution in [3.63, 3.8) is 0 Å². The molecule has 3 N–H and O–H groups in total. The third kappa shape index (κ3) is 2.58. The van der Waals surface area contributed by atoms with Crippen LogP contribution in [0.1, 0.15) is 18.0 Å². The predicted octanol–water partition coefficient (Wildman–Crippen LogP) is 2.48. The number of carboxylic acid groups (broad SMARTS) is 1. The molecule has 0 aliphatic rings. The number of aliphatic carboxylic acids is 1. The molecule has 0 fully saturated rings. The van der Waals surface area contributed by atoms with Crippen LogP contribution >= 0.6 is 15.9 Å². The molecule has 0 aliphatic carbocycles. The average Bonchev–Trinajstić information content (AvgIpc) is 2.23. The molecule has 0 saturated carbocycles. The quantitative estimate of drug-likeness (QED) is 0.512. The summed E-state index contributed by atoms with van der Waals surface area (Å²) in [6.45, 7) is 0. The number of carbonyl (C=O) groups is 1. The summed E-state index contributed by atoms with van der Waals surface area (Å²) in [6, 6.07) is -1.68. The molecule has 0 aromatic heterocycles. The van der Waals surface area contributed by atoms with E-state index in [0.29, 0.717) is 0 Å². The van der Waals surface area contributed by atoms with E-state index in [1.165, 1.54) is 0 Å². The molecule has 0 spiro atoms. The first kappa shape index (κ1) is 13.9. The first-order valence-corrected chi connectivity index (χ1v) is 5.05. The lowest BCUT2D eigenvalue weighted by Gasteiger charge is -2.13. The molecule has 0 amide bonds. The van der Waals surface area contributed by atoms with Crippen LogP contribution in [0.15, 0.2) is 4.47 Å². The standard InChI is InChI=1S/C9H6BrF4NO2/c10-5-8(13)6(11)4(7(12)9(5)14)2(15)1-3(16)17/h2H,1,15H2,(H,16,17). The first-order chi connectivity index (χ1) is 7.77. The summed E-state index contributed by atoms with van der Waals surface area (Å²) < 4.78 is 51.8. The minimum atomic E-state index is -1.70. The van der Waals surface area contributed by atoms with E-state index in [1.807, 2.05) is 0 Å². The van der Waals surface area contributed by atoms with Crippen LogP contribution in [0, 0.1) is 23.3 Å². The van der Waals surface area contributed by atoms with Gasteiger partial charge in [-0.1, -0.05) is 0 Å². The summed E-state index contributed by atoms with van der Waals surface area (Å²) in [7, 11) is 0. The van der Waals surface area contributed by atoms with Crippen molar-refractivity contribution in [3.05, 3.63) is 33.3 Å². The van der Waals surface area contributed by atoms with E-state index in [0.717, 1.165) is 0 Å². The third-order valence-corrected chi connectivity index (χ3v) is 2.71. The molecule has 0 bridgehead atoms. The Labute approximate surface area is 101 Å². The van der Waals surface area contributed by atoms with E-state index in [4.69, 9.17) is 10.8 Å². The second-order valence-electron chi connectivity index (χ2n) is 3.19. The van der Waals surface area contributed by atoms with E-state index in [-0.39, 0.29) is 0 Å². The topological polar surface area (TPSA) is 63.3 Å². The van der Waals surface area contributed by atoms with Gasteiger partial charge < -0.3 is 10.8 Å². The highest BCUT2D eigenvalue weighted by Crippen LogP contribution is 2.31. The Bertz CT molecular complexity index is 452. The Morgan fingerprint density at radius 2 is 1.59 bits per heavy atom. The van der Waals surface area contributed by atoms with Gasteiger partial charge in [0, 0.05) is 11.6 Å². The molecule has 1 unspecified atom stereocenters. The number of carboxylic acids is 1. The largest absolute Gasteiger partial charge is 0.481 e. The van der Waals surface area contributed by atoms with Crippen LogP contribution in [0.25, 0.3) is 0 Å². The van der Waals surface area contributed by atoms with Gasteiger partial charge in [-0.25, -0.2) is 17.6 Å². The van der Waals surface area contributed by atoms with Crippen LogP contribution in [-0.4, -0.2) is 11.1 Å². The predicted molar refractivity (Wildman–Crippen MR) is 53.2 cm³/mol. The second-order valence-corrected chi connectivity index (χ2v) is 3.98. The van der Waals surface area contributed by atoms with Gasteiger partial charge in [-0.15, -0.1) is 0 Å². The average molecular weight is 316 g/mol. The lowest BCUT2D eigenvalue weighted by atomic mass is 10.0. The van der Waals surface area contributed by atoms with E-state index in [9.17, 15) is 22.4 Å². The first-order valence-electron chi connectivity index (χ1n) is 4.26. The number of benzene rings is 1. The van der Waals surface area contributed by atoms with Gasteiger partial charge in [0.1, 0.15) is 0 Å². The van der Waals surface area contributed by atoms with Gasteiger partial charge in [0.05, 0.1) is 10.9 Å². The van der Waals surface area contributed by atoms with Gasteiger partial charge in [-0.2, -0.15) is 0 Å². The molecular formula is C9H6BrF4NO2. The Hall–Kier alpha value is -1.15. The SMILES string of the molecule is NC(CC(=O)O)c1c(F)c(F)c(Br)c(F)c1F. The van der Waals surface area contributed by atoms with Gasteiger partial charge in [0.15, 0.2) is 23.3 Å². The molecule has 1 aromatic rings. The summed E-state index contributed by atoms with van der Waals surface area (Å²) in [5.41, 5.74) is 4.06. The van der Waals surface area contributed by atoms with Crippen LogP contribution in [-0.2, 0) is 4.79 Å². The zero-order valence-electron chi connectivity index (χ0n) is 8.11. The molecule has 1 atom stereocenters. The van der Waals surface area contributed by atoms with Crippen molar-refractivity contribution in [3.8, 4) is 0 Å². The lowest BCUT2D eigenvalue weighted by molar-refractivity contribution is -0.137. The number of rotatable bonds is 3. The van der Waals surface area contributed by atoms with Gasteiger partial charge in [0.2, 0.25) is 0 Å². The van der Waals surface area contributed by atoms with Gasteiger partial charge in [-0.3, -0.25) is 4.79 Å². The van der Waals surface area contributed by atoms with Crippen molar-refractivity contribution >= 4 is 21.9 Å². The molecule has 8 heteroatoms. The molecule has 3 nitrogen and oxygen atoms in total. The molecule has 0 heterocycles. The summed E-state index contributed by atoms with van der Waals surface area (Å²) in [5, 5.41) is 8.40. The monoisotopic (exact) mass is 315 g/mol. The fourth-order valence-electron chi connectivity index (χ4n) is 1.24. The van der Waals surface area contributed by atoms with Crippen molar-refractivity contribution in [2.45, 2.75) is 12.5 Å². The van der Waals surface area contributed by atoms with Gasteiger partial charge >= 0.3 is 5.97 Å². The molecule has 0 saturated heterocycles. The van der Waals surface area contributed by atoms with Crippen LogP contribution in [0.2, 0.25) is 0 Å². The highest BCUT2D eigenvalue weighted by atomic mass is 79.9.